The minimum Gasteiger partial charge on any atom is -0.481 e. The monoisotopic (exact) mass is 287 g/mol. The van der Waals surface area contributed by atoms with Crippen molar-refractivity contribution in [2.45, 2.75) is 13.1 Å². The average molecular weight is 288 g/mol. The molecule has 2 aromatic rings. The van der Waals surface area contributed by atoms with Gasteiger partial charge in [-0.25, -0.2) is 4.98 Å². The lowest BCUT2D eigenvalue weighted by atomic mass is 10.1. The van der Waals surface area contributed by atoms with E-state index < -0.39 is 0 Å². The van der Waals surface area contributed by atoms with Gasteiger partial charge >= 0.3 is 0 Å². The van der Waals surface area contributed by atoms with Crippen molar-refractivity contribution in [3.63, 3.8) is 0 Å². The molecule has 0 fully saturated rings. The molecule has 4 nitrogen and oxygen atoms in total. The van der Waals surface area contributed by atoms with Crippen LogP contribution >= 0.6 is 11.6 Å². The molecule has 1 aromatic carbocycles. The highest BCUT2D eigenvalue weighted by Crippen LogP contribution is 2.17. The summed E-state index contributed by atoms with van der Waals surface area (Å²) >= 11 is 6.11. The highest BCUT2D eigenvalue weighted by Gasteiger charge is 2.02. The third-order valence-electron chi connectivity index (χ3n) is 2.83. The molecule has 20 heavy (non-hydrogen) atoms. The molecule has 0 amide bonds. The van der Waals surface area contributed by atoms with Crippen LogP contribution in [0.25, 0.3) is 0 Å². The van der Waals surface area contributed by atoms with Gasteiger partial charge in [-0.2, -0.15) is 5.26 Å². The molecular formula is C15H14ClN3O. The lowest BCUT2D eigenvalue weighted by Gasteiger charge is -2.07. The number of nitriles is 1. The van der Waals surface area contributed by atoms with Gasteiger partial charge in [-0.1, -0.05) is 23.7 Å². The Morgan fingerprint density at radius 3 is 2.75 bits per heavy atom. The van der Waals surface area contributed by atoms with Crippen molar-refractivity contribution in [3.05, 3.63) is 58.2 Å². The molecule has 0 aliphatic carbocycles. The number of halogens is 1. The smallest absolute Gasteiger partial charge is 0.212 e. The molecule has 0 bridgehead atoms. The zero-order valence-corrected chi connectivity index (χ0v) is 11.8. The third kappa shape index (κ3) is 3.70. The van der Waals surface area contributed by atoms with Crippen LogP contribution in [0.3, 0.4) is 0 Å². The van der Waals surface area contributed by atoms with Crippen LogP contribution in [0.2, 0.25) is 5.02 Å². The average Bonchev–Trinajstić information content (AvgIpc) is 2.49. The lowest BCUT2D eigenvalue weighted by molar-refractivity contribution is 0.397. The topological polar surface area (TPSA) is 57.9 Å². The minimum absolute atomic E-state index is 0.568. The zero-order chi connectivity index (χ0) is 14.4. The molecule has 0 aliphatic heterocycles. The van der Waals surface area contributed by atoms with Crippen LogP contribution < -0.4 is 10.1 Å². The van der Waals surface area contributed by atoms with Gasteiger partial charge in [-0.15, -0.1) is 0 Å². The quantitative estimate of drug-likeness (QED) is 0.918. The predicted octanol–water partition coefficient (Wildman–Crippen LogP) is 2.91. The fourth-order valence-corrected chi connectivity index (χ4v) is 1.99. The molecule has 0 saturated heterocycles. The maximum absolute atomic E-state index is 8.78. The highest BCUT2D eigenvalue weighted by molar-refractivity contribution is 6.31. The number of benzene rings is 1. The second-order valence-corrected chi connectivity index (χ2v) is 4.64. The first kappa shape index (κ1) is 14.3. The van der Waals surface area contributed by atoms with Crippen molar-refractivity contribution in [2.75, 3.05) is 7.11 Å². The molecule has 0 unspecified atom stereocenters. The molecule has 0 atom stereocenters. The number of rotatable bonds is 5. The summed E-state index contributed by atoms with van der Waals surface area (Å²) in [6.07, 6.45) is 1.77. The number of hydrogen-bond donors (Lipinski definition) is 1. The van der Waals surface area contributed by atoms with Gasteiger partial charge in [-0.05, 0) is 23.3 Å². The number of pyridine rings is 1. The van der Waals surface area contributed by atoms with Crippen LogP contribution in [0.1, 0.15) is 16.7 Å². The van der Waals surface area contributed by atoms with Crippen molar-refractivity contribution < 1.29 is 4.74 Å². The van der Waals surface area contributed by atoms with Gasteiger partial charge in [0.25, 0.3) is 0 Å². The first-order chi connectivity index (χ1) is 9.72. The van der Waals surface area contributed by atoms with Crippen molar-refractivity contribution in [2.24, 2.45) is 0 Å². The van der Waals surface area contributed by atoms with E-state index in [-0.39, 0.29) is 0 Å². The fraction of sp³-hybridized carbons (Fsp3) is 0.200. The summed E-state index contributed by atoms with van der Waals surface area (Å²) in [4.78, 5) is 4.14. The molecule has 0 spiro atoms. The predicted molar refractivity (Wildman–Crippen MR) is 77.5 cm³/mol. The lowest BCUT2D eigenvalue weighted by Crippen LogP contribution is -2.13. The van der Waals surface area contributed by atoms with Crippen LogP contribution in [0.15, 0.2) is 36.5 Å². The summed E-state index contributed by atoms with van der Waals surface area (Å²) in [7, 11) is 1.59. The van der Waals surface area contributed by atoms with E-state index in [2.05, 4.69) is 16.4 Å². The Morgan fingerprint density at radius 1 is 1.30 bits per heavy atom. The van der Waals surface area contributed by atoms with E-state index in [1.165, 1.54) is 0 Å². The number of hydrogen-bond acceptors (Lipinski definition) is 4. The molecule has 102 valence electrons. The second kappa shape index (κ2) is 6.90. The maximum Gasteiger partial charge on any atom is 0.212 e. The van der Waals surface area contributed by atoms with Crippen molar-refractivity contribution >= 4 is 11.6 Å². The summed E-state index contributed by atoms with van der Waals surface area (Å²) in [6, 6.07) is 11.1. The van der Waals surface area contributed by atoms with Crippen LogP contribution in [-0.2, 0) is 13.1 Å². The molecule has 5 heteroatoms. The first-order valence-electron chi connectivity index (χ1n) is 6.11. The Balaban J connectivity index is 1.91. The Hall–Kier alpha value is -2.09. The molecular weight excluding hydrogens is 274 g/mol. The van der Waals surface area contributed by atoms with Gasteiger partial charge in [0.1, 0.15) is 0 Å². The normalized spacial score (nSPS) is 10.1. The van der Waals surface area contributed by atoms with E-state index in [9.17, 15) is 0 Å². The van der Waals surface area contributed by atoms with E-state index in [0.29, 0.717) is 29.6 Å². The second-order valence-electron chi connectivity index (χ2n) is 4.23. The molecule has 1 heterocycles. The van der Waals surface area contributed by atoms with Crippen molar-refractivity contribution in [1.29, 1.82) is 5.26 Å². The number of methoxy groups -OCH3 is 1. The largest absolute Gasteiger partial charge is 0.481 e. The highest BCUT2D eigenvalue weighted by atomic mass is 35.5. The SMILES string of the molecule is COc1ccc(CNCc2ccc(C#N)cc2Cl)cn1. The number of aromatic nitrogens is 1. The zero-order valence-electron chi connectivity index (χ0n) is 11.1. The molecule has 0 radical (unpaired) electrons. The standard InChI is InChI=1S/C15H14ClN3O/c1-20-15-5-3-12(9-19-15)8-18-10-13-4-2-11(7-17)6-14(13)16/h2-6,9,18H,8,10H2,1H3. The molecule has 0 aliphatic rings. The molecule has 2 rings (SSSR count). The third-order valence-corrected chi connectivity index (χ3v) is 3.19. The van der Waals surface area contributed by atoms with Crippen LogP contribution in [0, 0.1) is 11.3 Å². The summed E-state index contributed by atoms with van der Waals surface area (Å²) in [5.74, 6) is 0.601. The van der Waals surface area contributed by atoms with Gasteiger partial charge in [0.05, 0.1) is 18.7 Å². The molecule has 1 aromatic heterocycles. The fourth-order valence-electron chi connectivity index (χ4n) is 1.74. The Labute approximate surface area is 123 Å². The molecule has 0 saturated carbocycles. The van der Waals surface area contributed by atoms with E-state index in [1.807, 2.05) is 18.2 Å². The number of ether oxygens (including phenoxy) is 1. The summed E-state index contributed by atoms with van der Waals surface area (Å²) in [5.41, 5.74) is 2.60. The number of nitrogens with one attached hydrogen (secondary N) is 1. The Kier molecular flexibility index (Phi) is 4.94. The number of nitrogens with zero attached hydrogens (tertiary/aromatic N) is 2. The van der Waals surface area contributed by atoms with E-state index in [0.717, 1.165) is 11.1 Å². The van der Waals surface area contributed by atoms with Gasteiger partial charge in [0.2, 0.25) is 5.88 Å². The van der Waals surface area contributed by atoms with E-state index >= 15 is 0 Å². The summed E-state index contributed by atoms with van der Waals surface area (Å²) in [5, 5.41) is 12.7. The molecule has 1 N–H and O–H groups in total. The van der Waals surface area contributed by atoms with Gasteiger partial charge in [0, 0.05) is 30.4 Å². The van der Waals surface area contributed by atoms with Gasteiger partial charge in [0.15, 0.2) is 0 Å². The van der Waals surface area contributed by atoms with E-state index in [1.54, 1.807) is 25.4 Å². The Bertz CT molecular complexity index is 620. The van der Waals surface area contributed by atoms with Crippen LogP contribution in [-0.4, -0.2) is 12.1 Å². The maximum atomic E-state index is 8.78. The van der Waals surface area contributed by atoms with Gasteiger partial charge in [-0.3, -0.25) is 0 Å². The summed E-state index contributed by atoms with van der Waals surface area (Å²) in [6.45, 7) is 1.32. The van der Waals surface area contributed by atoms with Gasteiger partial charge < -0.3 is 10.1 Å². The summed E-state index contributed by atoms with van der Waals surface area (Å²) < 4.78 is 5.01. The minimum atomic E-state index is 0.568. The van der Waals surface area contributed by atoms with Crippen molar-refractivity contribution in [1.82, 2.24) is 10.3 Å². The van der Waals surface area contributed by atoms with Crippen LogP contribution in [0.4, 0.5) is 0 Å². The van der Waals surface area contributed by atoms with Crippen LogP contribution in [0.5, 0.6) is 5.88 Å². The van der Waals surface area contributed by atoms with E-state index in [4.69, 9.17) is 21.6 Å². The Morgan fingerprint density at radius 2 is 2.15 bits per heavy atom. The first-order valence-corrected chi connectivity index (χ1v) is 6.49. The van der Waals surface area contributed by atoms with Crippen molar-refractivity contribution in [3.8, 4) is 11.9 Å².